The van der Waals surface area contributed by atoms with Crippen molar-refractivity contribution in [2.24, 2.45) is 0 Å². The number of ketones is 1. The molecular formula is C27H30ClNO2. The van der Waals surface area contributed by atoms with Crippen LogP contribution in [0.1, 0.15) is 49.4 Å². The number of rotatable bonds is 10. The molecule has 0 bridgehead atoms. The highest BCUT2D eigenvalue weighted by atomic mass is 35.5. The highest BCUT2D eigenvalue weighted by Gasteiger charge is 2.11. The van der Waals surface area contributed by atoms with Crippen LogP contribution in [0.2, 0.25) is 5.02 Å². The summed E-state index contributed by atoms with van der Waals surface area (Å²) < 4.78 is 6.06. The van der Waals surface area contributed by atoms with Crippen molar-refractivity contribution >= 4 is 17.4 Å². The topological polar surface area (TPSA) is 38.3 Å². The third-order valence-electron chi connectivity index (χ3n) is 5.53. The standard InChI is InChI=1S/C27H30ClNO2/c1-19(30)9-8-16-29-21(3)23-14-15-27(26(28)17-23)31-18-24-12-7-13-25(20(24)2)22-10-5-4-6-11-22/h4-7,10-15,17,21,29H,8-9,16,18H2,1-3H3. The van der Waals surface area contributed by atoms with E-state index in [2.05, 4.69) is 61.6 Å². The first kappa shape index (κ1) is 23.1. The van der Waals surface area contributed by atoms with Crippen molar-refractivity contribution in [2.45, 2.75) is 46.3 Å². The number of nitrogens with one attached hydrogen (secondary N) is 1. The maximum Gasteiger partial charge on any atom is 0.138 e. The maximum atomic E-state index is 11.1. The summed E-state index contributed by atoms with van der Waals surface area (Å²) in [5.74, 6) is 0.905. The van der Waals surface area contributed by atoms with Gasteiger partial charge in [-0.25, -0.2) is 0 Å². The lowest BCUT2D eigenvalue weighted by Gasteiger charge is -2.17. The monoisotopic (exact) mass is 435 g/mol. The molecule has 0 saturated heterocycles. The van der Waals surface area contributed by atoms with Gasteiger partial charge < -0.3 is 14.8 Å². The molecule has 162 valence electrons. The molecule has 0 aliphatic heterocycles. The molecule has 0 heterocycles. The third-order valence-corrected chi connectivity index (χ3v) is 5.82. The van der Waals surface area contributed by atoms with Crippen LogP contribution in [0.4, 0.5) is 0 Å². The Hall–Kier alpha value is -2.62. The van der Waals surface area contributed by atoms with Gasteiger partial charge in [-0.15, -0.1) is 0 Å². The van der Waals surface area contributed by atoms with E-state index in [-0.39, 0.29) is 11.8 Å². The van der Waals surface area contributed by atoms with E-state index < -0.39 is 0 Å². The molecule has 0 radical (unpaired) electrons. The average Bonchev–Trinajstić information content (AvgIpc) is 2.77. The molecular weight excluding hydrogens is 406 g/mol. The van der Waals surface area contributed by atoms with E-state index in [4.69, 9.17) is 16.3 Å². The van der Waals surface area contributed by atoms with Gasteiger partial charge in [0.05, 0.1) is 5.02 Å². The van der Waals surface area contributed by atoms with Crippen LogP contribution in [0.3, 0.4) is 0 Å². The van der Waals surface area contributed by atoms with Crippen LogP contribution in [-0.2, 0) is 11.4 Å². The summed E-state index contributed by atoms with van der Waals surface area (Å²) in [5.41, 5.74) is 5.87. The molecule has 4 heteroatoms. The number of hydrogen-bond donors (Lipinski definition) is 1. The van der Waals surface area contributed by atoms with Gasteiger partial charge in [0.25, 0.3) is 0 Å². The molecule has 3 aromatic carbocycles. The van der Waals surface area contributed by atoms with Crippen LogP contribution in [0.5, 0.6) is 5.75 Å². The highest BCUT2D eigenvalue weighted by Crippen LogP contribution is 2.30. The second-order valence-electron chi connectivity index (χ2n) is 7.92. The quantitative estimate of drug-likeness (QED) is 0.351. The second-order valence-corrected chi connectivity index (χ2v) is 8.32. The van der Waals surface area contributed by atoms with Gasteiger partial charge in [0.15, 0.2) is 0 Å². The molecule has 3 rings (SSSR count). The number of benzene rings is 3. The number of carbonyl (C=O) groups is 1. The number of carbonyl (C=O) groups excluding carboxylic acids is 1. The third kappa shape index (κ3) is 6.43. The molecule has 1 N–H and O–H groups in total. The van der Waals surface area contributed by atoms with Crippen molar-refractivity contribution in [3.63, 3.8) is 0 Å². The Morgan fingerprint density at radius 1 is 1.06 bits per heavy atom. The number of Topliss-reactive ketones (excluding diaryl/α,β-unsaturated/α-hetero) is 1. The van der Waals surface area contributed by atoms with Crippen molar-refractivity contribution in [1.82, 2.24) is 5.32 Å². The summed E-state index contributed by atoms with van der Waals surface area (Å²) in [5, 5.41) is 4.04. The fraction of sp³-hybridized carbons (Fsp3) is 0.296. The number of ether oxygens (including phenoxy) is 1. The van der Waals surface area contributed by atoms with Crippen molar-refractivity contribution in [1.29, 1.82) is 0 Å². The molecule has 3 aromatic rings. The smallest absolute Gasteiger partial charge is 0.138 e. The van der Waals surface area contributed by atoms with Gasteiger partial charge in [-0.2, -0.15) is 0 Å². The Morgan fingerprint density at radius 3 is 2.55 bits per heavy atom. The molecule has 0 aliphatic carbocycles. The van der Waals surface area contributed by atoms with Gasteiger partial charge in [0.1, 0.15) is 18.1 Å². The zero-order chi connectivity index (χ0) is 22.2. The lowest BCUT2D eigenvalue weighted by molar-refractivity contribution is -0.117. The normalized spacial score (nSPS) is 11.9. The second kappa shape index (κ2) is 11.1. The first-order valence-corrected chi connectivity index (χ1v) is 11.1. The molecule has 0 aliphatic rings. The van der Waals surface area contributed by atoms with E-state index >= 15 is 0 Å². The zero-order valence-corrected chi connectivity index (χ0v) is 19.2. The van der Waals surface area contributed by atoms with Gasteiger partial charge in [-0.3, -0.25) is 0 Å². The molecule has 0 aromatic heterocycles. The van der Waals surface area contributed by atoms with Gasteiger partial charge >= 0.3 is 0 Å². The van der Waals surface area contributed by atoms with Gasteiger partial charge in [0, 0.05) is 12.5 Å². The largest absolute Gasteiger partial charge is 0.487 e. The minimum atomic E-state index is 0.156. The molecule has 0 fully saturated rings. The van der Waals surface area contributed by atoms with Crippen LogP contribution in [0, 0.1) is 6.92 Å². The van der Waals surface area contributed by atoms with E-state index in [0.29, 0.717) is 23.8 Å². The van der Waals surface area contributed by atoms with Crippen LogP contribution in [0.25, 0.3) is 11.1 Å². The maximum absolute atomic E-state index is 11.1. The molecule has 1 unspecified atom stereocenters. The lowest BCUT2D eigenvalue weighted by atomic mass is 9.97. The molecule has 0 saturated carbocycles. The van der Waals surface area contributed by atoms with Crippen molar-refractivity contribution in [2.75, 3.05) is 6.54 Å². The molecule has 3 nitrogen and oxygen atoms in total. The first-order valence-electron chi connectivity index (χ1n) is 10.7. The van der Waals surface area contributed by atoms with Crippen molar-refractivity contribution < 1.29 is 9.53 Å². The SMILES string of the molecule is CC(=O)CCCNC(C)c1ccc(OCc2cccc(-c3ccccc3)c2C)c(Cl)c1. The summed E-state index contributed by atoms with van der Waals surface area (Å²) in [6, 6.07) is 22.8. The van der Waals surface area contributed by atoms with Crippen LogP contribution < -0.4 is 10.1 Å². The summed E-state index contributed by atoms with van der Waals surface area (Å²) in [6.07, 6.45) is 1.45. The van der Waals surface area contributed by atoms with E-state index in [1.807, 2.05) is 24.3 Å². The van der Waals surface area contributed by atoms with Crippen LogP contribution >= 0.6 is 11.6 Å². The summed E-state index contributed by atoms with van der Waals surface area (Å²) in [6.45, 7) is 7.11. The molecule has 0 spiro atoms. The Labute approximate surface area is 190 Å². The average molecular weight is 436 g/mol. The highest BCUT2D eigenvalue weighted by molar-refractivity contribution is 6.32. The van der Waals surface area contributed by atoms with Crippen molar-refractivity contribution in [3.8, 4) is 16.9 Å². The Kier molecular flexibility index (Phi) is 8.27. The Bertz CT molecular complexity index is 1020. The van der Waals surface area contributed by atoms with Crippen molar-refractivity contribution in [3.05, 3.63) is 88.4 Å². The minimum Gasteiger partial charge on any atom is -0.487 e. The number of hydrogen-bond acceptors (Lipinski definition) is 3. The van der Waals surface area contributed by atoms with Crippen LogP contribution in [-0.4, -0.2) is 12.3 Å². The molecule has 0 amide bonds. The predicted molar refractivity (Wildman–Crippen MR) is 129 cm³/mol. The van der Waals surface area contributed by atoms with Gasteiger partial charge in [-0.05, 0) is 73.7 Å². The first-order chi connectivity index (χ1) is 15.0. The summed E-state index contributed by atoms with van der Waals surface area (Å²) in [4.78, 5) is 11.1. The fourth-order valence-corrected chi connectivity index (χ4v) is 3.85. The minimum absolute atomic E-state index is 0.156. The Balaban J connectivity index is 1.63. The Morgan fingerprint density at radius 2 is 1.84 bits per heavy atom. The molecule has 1 atom stereocenters. The zero-order valence-electron chi connectivity index (χ0n) is 18.5. The molecule has 31 heavy (non-hydrogen) atoms. The van der Waals surface area contributed by atoms with E-state index in [0.717, 1.165) is 24.1 Å². The van der Waals surface area contributed by atoms with Crippen LogP contribution in [0.15, 0.2) is 66.7 Å². The van der Waals surface area contributed by atoms with E-state index in [9.17, 15) is 4.79 Å². The number of halogens is 1. The summed E-state index contributed by atoms with van der Waals surface area (Å²) >= 11 is 6.51. The predicted octanol–water partition coefficient (Wildman–Crippen LogP) is 6.91. The van der Waals surface area contributed by atoms with E-state index in [1.165, 1.54) is 16.7 Å². The van der Waals surface area contributed by atoms with E-state index in [1.54, 1.807) is 6.92 Å². The fourth-order valence-electron chi connectivity index (χ4n) is 3.60. The van der Waals surface area contributed by atoms with Gasteiger partial charge in [-0.1, -0.05) is 66.2 Å². The summed E-state index contributed by atoms with van der Waals surface area (Å²) in [7, 11) is 0. The van der Waals surface area contributed by atoms with Gasteiger partial charge in [0.2, 0.25) is 0 Å². The lowest BCUT2D eigenvalue weighted by Crippen LogP contribution is -2.20.